The van der Waals surface area contributed by atoms with Gasteiger partial charge in [-0.1, -0.05) is 0 Å². The van der Waals surface area contributed by atoms with E-state index in [1.807, 2.05) is 0 Å². The van der Waals surface area contributed by atoms with Gasteiger partial charge in [-0.15, -0.1) is 0 Å². The van der Waals surface area contributed by atoms with Crippen LogP contribution in [0.5, 0.6) is 11.5 Å². The van der Waals surface area contributed by atoms with Crippen molar-refractivity contribution in [2.75, 3.05) is 40.6 Å². The molecule has 0 aromatic heterocycles. The molecular weight excluding hydrogens is 408 g/mol. The molecule has 0 aliphatic carbocycles. The van der Waals surface area contributed by atoms with Gasteiger partial charge in [0.2, 0.25) is 0 Å². The predicted octanol–water partition coefficient (Wildman–Crippen LogP) is 3.07. The first kappa shape index (κ1) is 26.1. The first-order valence-corrected chi connectivity index (χ1v) is 11.5. The highest BCUT2D eigenvalue weighted by molar-refractivity contribution is 5.71. The van der Waals surface area contributed by atoms with Gasteiger partial charge >= 0.3 is 0 Å². The topological polar surface area (TPSA) is 99.4 Å². The van der Waals surface area contributed by atoms with Gasteiger partial charge in [0.25, 0.3) is 0 Å². The van der Waals surface area contributed by atoms with E-state index in [2.05, 4.69) is 24.3 Å². The molecule has 0 amide bonds. The normalized spacial score (nSPS) is 11.1. The van der Waals surface area contributed by atoms with Crippen LogP contribution in [-0.4, -0.2) is 61.1 Å². The molecule has 0 saturated carbocycles. The molecule has 0 aliphatic rings. The lowest BCUT2D eigenvalue weighted by Crippen LogP contribution is -2.03. The summed E-state index contributed by atoms with van der Waals surface area (Å²) in [7, 11) is 3.32. The number of hydrogen-bond acceptors (Lipinski definition) is 6. The Bertz CT molecular complexity index is 706. The van der Waals surface area contributed by atoms with Gasteiger partial charge in [0.1, 0.15) is 11.5 Å². The van der Waals surface area contributed by atoms with Gasteiger partial charge in [0.05, 0.1) is 14.2 Å². The Morgan fingerprint density at radius 2 is 0.750 bits per heavy atom. The van der Waals surface area contributed by atoms with E-state index < -0.39 is 0 Å². The minimum absolute atomic E-state index is 0.110. The summed E-state index contributed by atoms with van der Waals surface area (Å²) >= 11 is 0. The van der Waals surface area contributed by atoms with Gasteiger partial charge < -0.3 is 29.9 Å². The Kier molecular flexibility index (Phi) is 11.5. The van der Waals surface area contributed by atoms with Crippen LogP contribution in [0.3, 0.4) is 0 Å². The second kappa shape index (κ2) is 14.1. The molecule has 0 saturated heterocycles. The molecule has 0 aliphatic heterocycles. The standard InChI is InChI=1S/C26H38O6/c1-31-25-19(7-3-11-27)15-23(16-20(25)8-4-12-28)24-17-21(9-5-13-29)26(32-2)22(18-24)10-6-14-30/h15-18,27-30H,3-14H2,1-2H3. The fourth-order valence-electron chi connectivity index (χ4n) is 4.19. The molecule has 0 spiro atoms. The van der Waals surface area contributed by atoms with Crippen molar-refractivity contribution in [2.24, 2.45) is 0 Å². The highest BCUT2D eigenvalue weighted by Crippen LogP contribution is 2.37. The molecule has 2 rings (SSSR count). The summed E-state index contributed by atoms with van der Waals surface area (Å²) in [6.45, 7) is 0.439. The van der Waals surface area contributed by atoms with E-state index in [4.69, 9.17) is 9.47 Å². The zero-order valence-corrected chi connectivity index (χ0v) is 19.4. The van der Waals surface area contributed by atoms with E-state index >= 15 is 0 Å². The van der Waals surface area contributed by atoms with Gasteiger partial charge in [-0.3, -0.25) is 0 Å². The lowest BCUT2D eigenvalue weighted by molar-refractivity contribution is 0.285. The Morgan fingerprint density at radius 1 is 0.500 bits per heavy atom. The van der Waals surface area contributed by atoms with Crippen molar-refractivity contribution < 1.29 is 29.9 Å². The molecule has 178 valence electrons. The molecule has 2 aromatic rings. The molecule has 0 bridgehead atoms. The van der Waals surface area contributed by atoms with E-state index in [0.29, 0.717) is 51.4 Å². The minimum Gasteiger partial charge on any atom is -0.496 e. The number of ether oxygens (including phenoxy) is 2. The fraction of sp³-hybridized carbons (Fsp3) is 0.538. The SMILES string of the molecule is COc1c(CCCO)cc(-c2cc(CCCO)c(OC)c(CCCO)c2)cc1CCCO. The van der Waals surface area contributed by atoms with E-state index in [0.717, 1.165) is 44.9 Å². The monoisotopic (exact) mass is 446 g/mol. The number of aryl methyl sites for hydroxylation is 4. The maximum Gasteiger partial charge on any atom is 0.125 e. The van der Waals surface area contributed by atoms with Gasteiger partial charge in [0, 0.05) is 26.4 Å². The number of aliphatic hydroxyl groups excluding tert-OH is 4. The van der Waals surface area contributed by atoms with Crippen molar-refractivity contribution >= 4 is 0 Å². The molecule has 6 heteroatoms. The summed E-state index contributed by atoms with van der Waals surface area (Å²) in [5.41, 5.74) is 6.25. The van der Waals surface area contributed by atoms with E-state index in [1.54, 1.807) is 14.2 Å². The van der Waals surface area contributed by atoms with Crippen LogP contribution in [0.1, 0.15) is 47.9 Å². The average Bonchev–Trinajstić information content (AvgIpc) is 2.82. The van der Waals surface area contributed by atoms with Crippen molar-refractivity contribution in [3.63, 3.8) is 0 Å². The summed E-state index contributed by atoms with van der Waals surface area (Å²) in [5.74, 6) is 1.65. The maximum atomic E-state index is 9.35. The average molecular weight is 447 g/mol. The molecule has 2 aromatic carbocycles. The Labute approximate surface area is 191 Å². The van der Waals surface area contributed by atoms with Crippen LogP contribution in [0.2, 0.25) is 0 Å². The summed E-state index contributed by atoms with van der Waals surface area (Å²) in [6.07, 6.45) is 5.37. The summed E-state index contributed by atoms with van der Waals surface area (Å²) < 4.78 is 11.4. The van der Waals surface area contributed by atoms with Crippen molar-refractivity contribution in [1.29, 1.82) is 0 Å². The first-order chi connectivity index (χ1) is 15.6. The molecule has 6 nitrogen and oxygen atoms in total. The number of hydrogen-bond donors (Lipinski definition) is 4. The summed E-state index contributed by atoms with van der Waals surface area (Å²) in [6, 6.07) is 8.46. The van der Waals surface area contributed by atoms with Crippen molar-refractivity contribution in [2.45, 2.75) is 51.4 Å². The largest absolute Gasteiger partial charge is 0.496 e. The van der Waals surface area contributed by atoms with Crippen LogP contribution in [0.4, 0.5) is 0 Å². The van der Waals surface area contributed by atoms with Crippen molar-refractivity contribution in [3.8, 4) is 22.6 Å². The van der Waals surface area contributed by atoms with Crippen LogP contribution in [0, 0.1) is 0 Å². The third kappa shape index (κ3) is 6.94. The van der Waals surface area contributed by atoms with Crippen LogP contribution in [0.15, 0.2) is 24.3 Å². The molecule has 4 N–H and O–H groups in total. The first-order valence-electron chi connectivity index (χ1n) is 11.5. The number of rotatable bonds is 15. The van der Waals surface area contributed by atoms with Gasteiger partial charge in [-0.2, -0.15) is 0 Å². The second-order valence-corrected chi connectivity index (χ2v) is 7.96. The van der Waals surface area contributed by atoms with Crippen molar-refractivity contribution in [3.05, 3.63) is 46.5 Å². The zero-order valence-electron chi connectivity index (χ0n) is 19.4. The third-order valence-electron chi connectivity index (χ3n) is 5.64. The number of benzene rings is 2. The smallest absolute Gasteiger partial charge is 0.125 e. The molecule has 0 unspecified atom stereocenters. The second-order valence-electron chi connectivity index (χ2n) is 7.96. The van der Waals surface area contributed by atoms with E-state index in [-0.39, 0.29) is 26.4 Å². The molecule has 0 fully saturated rings. The van der Waals surface area contributed by atoms with Crippen LogP contribution < -0.4 is 9.47 Å². The van der Waals surface area contributed by atoms with Crippen LogP contribution in [0.25, 0.3) is 11.1 Å². The van der Waals surface area contributed by atoms with E-state index in [1.165, 1.54) is 0 Å². The van der Waals surface area contributed by atoms with Crippen LogP contribution >= 0.6 is 0 Å². The van der Waals surface area contributed by atoms with Crippen LogP contribution in [-0.2, 0) is 25.7 Å². The predicted molar refractivity (Wildman–Crippen MR) is 127 cm³/mol. The Morgan fingerprint density at radius 3 is 0.938 bits per heavy atom. The fourth-order valence-corrected chi connectivity index (χ4v) is 4.19. The molecule has 0 heterocycles. The molecule has 0 atom stereocenters. The van der Waals surface area contributed by atoms with Crippen molar-refractivity contribution in [1.82, 2.24) is 0 Å². The lowest BCUT2D eigenvalue weighted by Gasteiger charge is -2.19. The number of aliphatic hydroxyl groups is 4. The summed E-state index contributed by atoms with van der Waals surface area (Å²) in [4.78, 5) is 0. The maximum absolute atomic E-state index is 9.35. The van der Waals surface area contributed by atoms with E-state index in [9.17, 15) is 20.4 Å². The molecule has 0 radical (unpaired) electrons. The summed E-state index contributed by atoms with van der Waals surface area (Å²) in [5, 5.41) is 37.4. The third-order valence-corrected chi connectivity index (χ3v) is 5.64. The quantitative estimate of drug-likeness (QED) is 0.336. The zero-order chi connectivity index (χ0) is 23.3. The molecule has 32 heavy (non-hydrogen) atoms. The number of methoxy groups -OCH3 is 2. The lowest BCUT2D eigenvalue weighted by atomic mass is 9.91. The highest BCUT2D eigenvalue weighted by atomic mass is 16.5. The Hall–Kier alpha value is -2.12. The van der Waals surface area contributed by atoms with Gasteiger partial charge in [-0.25, -0.2) is 0 Å². The molecular formula is C26H38O6. The highest BCUT2D eigenvalue weighted by Gasteiger charge is 2.16. The van der Waals surface area contributed by atoms with Gasteiger partial charge in [-0.05, 0) is 109 Å². The Balaban J connectivity index is 2.64. The minimum atomic E-state index is 0.110. The van der Waals surface area contributed by atoms with Gasteiger partial charge in [0.15, 0.2) is 0 Å².